The van der Waals surface area contributed by atoms with Gasteiger partial charge in [-0.25, -0.2) is 0 Å². The van der Waals surface area contributed by atoms with E-state index in [1.165, 1.54) is 51.1 Å². The maximum atomic E-state index is 13.8. The highest BCUT2D eigenvalue weighted by molar-refractivity contribution is 6.53. The van der Waals surface area contributed by atoms with Crippen molar-refractivity contribution in [2.24, 2.45) is 17.8 Å². The number of aromatic hydroxyl groups is 1. The van der Waals surface area contributed by atoms with Crippen molar-refractivity contribution >= 4 is 34.8 Å². The molecule has 1 aromatic carbocycles. The molecule has 3 aliphatic rings. The van der Waals surface area contributed by atoms with Crippen LogP contribution in [0.15, 0.2) is 83.2 Å². The number of hydrogen-bond donors (Lipinski definition) is 6. The average molecular weight is 702 g/mol. The van der Waals surface area contributed by atoms with Crippen LogP contribution in [0, 0.1) is 24.7 Å². The van der Waals surface area contributed by atoms with Crippen LogP contribution in [0.4, 0.5) is 0 Å². The maximum Gasteiger partial charge on any atom is 0.253 e. The van der Waals surface area contributed by atoms with Gasteiger partial charge in [0.2, 0.25) is 5.78 Å². The number of hydrogen-bond acceptors (Lipinski definition) is 10. The van der Waals surface area contributed by atoms with E-state index in [0.29, 0.717) is 5.57 Å². The molecule has 0 saturated carbocycles. The van der Waals surface area contributed by atoms with Gasteiger partial charge in [0.15, 0.2) is 17.3 Å². The minimum atomic E-state index is -1.29. The Labute approximate surface area is 297 Å². The largest absolute Gasteiger partial charge is 0.507 e. The normalized spacial score (nSPS) is 31.6. The number of aliphatic hydroxyl groups is 4. The summed E-state index contributed by atoms with van der Waals surface area (Å²) < 4.78 is 0. The lowest BCUT2D eigenvalue weighted by molar-refractivity contribution is -0.119. The standard InChI is InChI=1S/C40H47NO10/c1-20-11-9-8-10-12-23(4)40(51)41-33-37(48)28-18-26(7)36(47)32(31(28)38(49)39(33)50)35(46)25(6)17-24(5)34(45)22(3)14-16-27(42)15-13-21(2)30(44)19-29(20)43/h8-14,16-18,20,22,24,27,29,34,42-43,45,47-48H,15,19H2,1-7H3,(H,41,51)/b10-8+,11-9+,16-14-,21-13-,23-12-,25-17+/t20-,22-,24-,27+,29-,34-/m0/s1. The van der Waals surface area contributed by atoms with Crippen molar-refractivity contribution < 1.29 is 49.5 Å². The van der Waals surface area contributed by atoms with Crippen LogP contribution in [-0.2, 0) is 14.4 Å². The van der Waals surface area contributed by atoms with Crippen molar-refractivity contribution in [1.29, 1.82) is 0 Å². The lowest BCUT2D eigenvalue weighted by Crippen LogP contribution is -2.36. The van der Waals surface area contributed by atoms with Crippen molar-refractivity contribution in [1.82, 2.24) is 5.32 Å². The molecule has 0 saturated heterocycles. The Bertz CT molecular complexity index is 1820. The number of nitrogens with one attached hydrogen (secondary N) is 1. The van der Waals surface area contributed by atoms with Gasteiger partial charge in [-0.15, -0.1) is 0 Å². The van der Waals surface area contributed by atoms with Crippen molar-refractivity contribution in [2.75, 3.05) is 0 Å². The minimum Gasteiger partial charge on any atom is -0.507 e. The number of ketones is 4. The highest BCUT2D eigenvalue weighted by atomic mass is 16.3. The van der Waals surface area contributed by atoms with Crippen molar-refractivity contribution in [2.45, 2.75) is 79.6 Å². The highest BCUT2D eigenvalue weighted by Gasteiger charge is 2.39. The van der Waals surface area contributed by atoms with E-state index in [4.69, 9.17) is 0 Å². The average Bonchev–Trinajstić information content (AvgIpc) is 3.09. The molecule has 0 unspecified atom stereocenters. The molecule has 1 aromatic rings. The molecule has 0 spiro atoms. The van der Waals surface area contributed by atoms with E-state index in [-0.39, 0.29) is 40.9 Å². The number of fused-ring (bicyclic) bond motifs is 18. The highest BCUT2D eigenvalue weighted by Crippen LogP contribution is 2.37. The maximum absolute atomic E-state index is 13.8. The zero-order chi connectivity index (χ0) is 38.3. The van der Waals surface area contributed by atoms with Crippen LogP contribution in [-0.4, -0.2) is 72.9 Å². The van der Waals surface area contributed by atoms with E-state index in [1.54, 1.807) is 58.1 Å². The molecule has 2 heterocycles. The fraction of sp³-hybridized carbons (Fsp3) is 0.375. The SMILES string of the molecule is C/C1=C/C[C@@H](O)/C=C\[C@H](C)[C@H](O)[C@@H](C)/C=C(\C)C(=O)c2c(O)c(C)cc3c2C(=O)C(=O)C(=C3O)NC(=O)\C(C)=C/C=C/C=C/[C@H](C)[C@@H](O)CC1=O. The molecular formula is C40H47NO10. The first-order valence-electron chi connectivity index (χ1n) is 16.7. The van der Waals surface area contributed by atoms with Crippen LogP contribution in [0.3, 0.4) is 0 Å². The summed E-state index contributed by atoms with van der Waals surface area (Å²) in [4.78, 5) is 66.2. The van der Waals surface area contributed by atoms with Gasteiger partial charge in [-0.2, -0.15) is 0 Å². The summed E-state index contributed by atoms with van der Waals surface area (Å²) in [6.45, 7) is 11.0. The summed E-state index contributed by atoms with van der Waals surface area (Å²) in [7, 11) is 0. The smallest absolute Gasteiger partial charge is 0.253 e. The summed E-state index contributed by atoms with van der Waals surface area (Å²) >= 11 is 0. The van der Waals surface area contributed by atoms with E-state index in [0.717, 1.165) is 0 Å². The third kappa shape index (κ3) is 9.63. The molecule has 4 bridgehead atoms. The Morgan fingerprint density at radius 1 is 0.706 bits per heavy atom. The summed E-state index contributed by atoms with van der Waals surface area (Å²) in [5.41, 5.74) is -1.23. The number of phenols is 1. The van der Waals surface area contributed by atoms with Gasteiger partial charge in [0, 0.05) is 35.3 Å². The first-order chi connectivity index (χ1) is 23.9. The molecule has 1 aliphatic carbocycles. The second-order valence-corrected chi connectivity index (χ2v) is 13.3. The van der Waals surface area contributed by atoms with E-state index in [9.17, 15) is 49.5 Å². The number of aliphatic hydroxyl groups excluding tert-OH is 4. The number of carbonyl (C=O) groups excluding carboxylic acids is 5. The van der Waals surface area contributed by atoms with Crippen LogP contribution in [0.1, 0.15) is 86.2 Å². The lowest BCUT2D eigenvalue weighted by atomic mass is 9.82. The topological polar surface area (TPSA) is 199 Å². The third-order valence-corrected chi connectivity index (χ3v) is 9.14. The Morgan fingerprint density at radius 3 is 2.04 bits per heavy atom. The molecule has 1 amide bonds. The predicted molar refractivity (Wildman–Crippen MR) is 193 cm³/mol. The van der Waals surface area contributed by atoms with Crippen molar-refractivity contribution in [3.8, 4) is 5.75 Å². The number of Topliss-reactive ketones (excluding diaryl/α,β-unsaturated/α-hetero) is 4. The van der Waals surface area contributed by atoms with Crippen LogP contribution in [0.2, 0.25) is 0 Å². The molecule has 51 heavy (non-hydrogen) atoms. The second-order valence-electron chi connectivity index (χ2n) is 13.3. The second kappa shape index (κ2) is 17.3. The number of aryl methyl sites for hydroxylation is 1. The number of carbonyl (C=O) groups is 5. The molecule has 0 radical (unpaired) electrons. The first-order valence-corrected chi connectivity index (χ1v) is 16.7. The molecule has 2 aliphatic heterocycles. The number of allylic oxidation sites excluding steroid dienone is 7. The van der Waals surface area contributed by atoms with Crippen molar-refractivity contribution in [3.63, 3.8) is 0 Å². The Kier molecular flexibility index (Phi) is 13.7. The van der Waals surface area contributed by atoms with E-state index < -0.39 is 87.7 Å². The molecule has 0 fully saturated rings. The van der Waals surface area contributed by atoms with Gasteiger partial charge in [-0.1, -0.05) is 75.5 Å². The van der Waals surface area contributed by atoms with E-state index >= 15 is 0 Å². The van der Waals surface area contributed by atoms with Gasteiger partial charge >= 0.3 is 0 Å². The molecular weight excluding hydrogens is 654 g/mol. The summed E-state index contributed by atoms with van der Waals surface area (Å²) in [5, 5.41) is 56.5. The predicted octanol–water partition coefficient (Wildman–Crippen LogP) is 4.85. The Morgan fingerprint density at radius 2 is 1.37 bits per heavy atom. The van der Waals surface area contributed by atoms with Crippen LogP contribution in [0.25, 0.3) is 5.76 Å². The Balaban J connectivity index is 2.10. The fourth-order valence-corrected chi connectivity index (χ4v) is 5.64. The van der Waals surface area contributed by atoms with E-state index in [2.05, 4.69) is 5.32 Å². The fourth-order valence-electron chi connectivity index (χ4n) is 5.64. The summed E-state index contributed by atoms with van der Waals surface area (Å²) in [5.74, 6) is -7.21. The third-order valence-electron chi connectivity index (χ3n) is 9.14. The van der Waals surface area contributed by atoms with Gasteiger partial charge in [-0.05, 0) is 56.9 Å². The Hall–Kier alpha value is -4.97. The van der Waals surface area contributed by atoms with Gasteiger partial charge in [-0.3, -0.25) is 24.0 Å². The molecule has 0 aromatic heterocycles. The number of rotatable bonds is 0. The van der Waals surface area contributed by atoms with Gasteiger partial charge in [0.05, 0.1) is 29.4 Å². The molecule has 272 valence electrons. The quantitative estimate of drug-likeness (QED) is 0.161. The monoisotopic (exact) mass is 701 g/mol. The number of benzene rings is 1. The van der Waals surface area contributed by atoms with E-state index in [1.807, 2.05) is 0 Å². The van der Waals surface area contributed by atoms with Crippen LogP contribution in [0.5, 0.6) is 5.75 Å². The summed E-state index contributed by atoms with van der Waals surface area (Å²) in [6.07, 6.45) is 11.0. The minimum absolute atomic E-state index is 0.0427. The number of amides is 1. The zero-order valence-electron chi connectivity index (χ0n) is 29.9. The molecule has 11 heteroatoms. The molecule has 6 atom stereocenters. The van der Waals surface area contributed by atoms with Gasteiger partial charge in [0.1, 0.15) is 11.4 Å². The summed E-state index contributed by atoms with van der Waals surface area (Å²) in [6, 6.07) is 1.24. The van der Waals surface area contributed by atoms with Crippen LogP contribution < -0.4 is 5.32 Å². The van der Waals surface area contributed by atoms with Crippen LogP contribution >= 0.6 is 0 Å². The zero-order valence-corrected chi connectivity index (χ0v) is 29.9. The molecule has 4 rings (SSSR count). The number of phenolic OH excluding ortho intramolecular Hbond substituents is 1. The van der Waals surface area contributed by atoms with Crippen molar-refractivity contribution in [3.05, 3.63) is 105 Å². The lowest BCUT2D eigenvalue weighted by Gasteiger charge is -2.23. The molecule has 6 N–H and O–H groups in total. The van der Waals surface area contributed by atoms with Gasteiger partial charge < -0.3 is 30.8 Å². The molecule has 11 nitrogen and oxygen atoms in total. The van der Waals surface area contributed by atoms with Gasteiger partial charge in [0.25, 0.3) is 11.7 Å². The first kappa shape index (κ1) is 40.5.